The highest BCUT2D eigenvalue weighted by Gasteiger charge is 2.39. The fourth-order valence-electron chi connectivity index (χ4n) is 3.94. The molecule has 1 aliphatic heterocycles. The third-order valence-electron chi connectivity index (χ3n) is 5.63. The van der Waals surface area contributed by atoms with E-state index in [1.807, 2.05) is 6.07 Å². The lowest BCUT2D eigenvalue weighted by Gasteiger charge is -2.28. The van der Waals surface area contributed by atoms with Crippen molar-refractivity contribution >= 4 is 29.3 Å². The lowest BCUT2D eigenvalue weighted by molar-refractivity contribution is -0.141. The molecule has 2 aromatic rings. The van der Waals surface area contributed by atoms with Gasteiger partial charge in [0.15, 0.2) is 0 Å². The fraction of sp³-hybridized carbons (Fsp3) is 0.200. The highest BCUT2D eigenvalue weighted by atomic mass is 19.4. The first-order valence-corrected chi connectivity index (χ1v) is 10.9. The van der Waals surface area contributed by atoms with E-state index in [9.17, 15) is 37.2 Å². The molecule has 1 unspecified atom stereocenters. The molecule has 1 heterocycles. The molecule has 4 N–H and O–H groups in total. The molecular formula is C25H20F4N4O6. The topological polar surface area (TPSA) is 158 Å². The molecule has 0 aromatic heterocycles. The summed E-state index contributed by atoms with van der Waals surface area (Å²) in [6.07, 6.45) is -5.62. The predicted molar refractivity (Wildman–Crippen MR) is 126 cm³/mol. The molecule has 0 saturated carbocycles. The van der Waals surface area contributed by atoms with E-state index in [4.69, 9.17) is 20.9 Å². The molecule has 14 heteroatoms. The Kier molecular flexibility index (Phi) is 8.14. The number of benzene rings is 2. The van der Waals surface area contributed by atoms with Gasteiger partial charge in [-0.15, -0.1) is 0 Å². The minimum Gasteiger partial charge on any atom is -0.469 e. The number of ether oxygens (including phenoxy) is 3. The van der Waals surface area contributed by atoms with Crippen LogP contribution in [0.3, 0.4) is 0 Å². The second kappa shape index (κ2) is 11.1. The highest BCUT2D eigenvalue weighted by Crippen LogP contribution is 2.42. The number of methoxy groups -OCH3 is 2. The lowest BCUT2D eigenvalue weighted by atomic mass is 9.82. The van der Waals surface area contributed by atoms with Gasteiger partial charge in [-0.3, -0.25) is 9.69 Å². The molecule has 1 aliphatic rings. The van der Waals surface area contributed by atoms with Gasteiger partial charge in [0, 0.05) is 0 Å². The maximum absolute atomic E-state index is 13.9. The number of esters is 2. The van der Waals surface area contributed by atoms with Crippen LogP contribution in [0.4, 0.5) is 33.7 Å². The number of urea groups is 1. The Hall–Kier alpha value is -5.06. The van der Waals surface area contributed by atoms with E-state index >= 15 is 0 Å². The zero-order chi connectivity index (χ0) is 29.1. The summed E-state index contributed by atoms with van der Waals surface area (Å²) in [6.45, 7) is 0. The van der Waals surface area contributed by atoms with Gasteiger partial charge in [-0.2, -0.15) is 18.4 Å². The third kappa shape index (κ3) is 5.77. The Morgan fingerprint density at radius 3 is 2.33 bits per heavy atom. The average Bonchev–Trinajstić information content (AvgIpc) is 2.88. The number of nitrogens with two attached hydrogens (primary N) is 2. The van der Waals surface area contributed by atoms with Crippen LogP contribution in [-0.4, -0.2) is 32.2 Å². The molecule has 2 aromatic carbocycles. The standard InChI is InChI=1S/C25H20F4N4O6/c1-37-19(34)10-18-21(23(35)38-2)20(15(11-30)22(31)39-18)12-4-3-5-13(8-12)33(24(32)36)14-6-7-17(26)16(9-14)25(27,28)29/h3-9,20H,10,31H2,1-2H3,(H2,32,36). The SMILES string of the molecule is COC(=O)CC1=C(C(=O)OC)C(c2cccc(N(C(N)=O)c3ccc(F)c(C(F)(F)F)c3)c2)C(C#N)=C(N)O1. The molecule has 0 saturated heterocycles. The number of carbonyl (C=O) groups is 3. The molecule has 0 fully saturated rings. The van der Waals surface area contributed by atoms with E-state index in [0.29, 0.717) is 17.0 Å². The number of anilines is 2. The van der Waals surface area contributed by atoms with Gasteiger partial charge in [-0.05, 0) is 35.9 Å². The van der Waals surface area contributed by atoms with Crippen LogP contribution in [-0.2, 0) is 30.0 Å². The Morgan fingerprint density at radius 2 is 1.77 bits per heavy atom. The largest absolute Gasteiger partial charge is 0.469 e. The number of hydrogen-bond acceptors (Lipinski definition) is 8. The van der Waals surface area contributed by atoms with Crippen LogP contribution in [0.5, 0.6) is 0 Å². The predicted octanol–water partition coefficient (Wildman–Crippen LogP) is 3.86. The van der Waals surface area contributed by atoms with Crippen molar-refractivity contribution in [2.24, 2.45) is 11.5 Å². The summed E-state index contributed by atoms with van der Waals surface area (Å²) < 4.78 is 68.6. The number of halogens is 4. The number of nitrogens with zero attached hydrogens (tertiary/aromatic N) is 2. The van der Waals surface area contributed by atoms with Crippen LogP contribution in [0.2, 0.25) is 0 Å². The number of rotatable bonds is 6. The minimum atomic E-state index is -5.06. The summed E-state index contributed by atoms with van der Waals surface area (Å²) >= 11 is 0. The maximum Gasteiger partial charge on any atom is 0.419 e. The summed E-state index contributed by atoms with van der Waals surface area (Å²) in [5, 5.41) is 9.80. The Morgan fingerprint density at radius 1 is 1.10 bits per heavy atom. The van der Waals surface area contributed by atoms with E-state index in [1.165, 1.54) is 24.3 Å². The van der Waals surface area contributed by atoms with E-state index in [0.717, 1.165) is 20.3 Å². The smallest absolute Gasteiger partial charge is 0.419 e. The summed E-state index contributed by atoms with van der Waals surface area (Å²) in [4.78, 5) is 37.8. The van der Waals surface area contributed by atoms with Gasteiger partial charge in [-0.25, -0.2) is 14.0 Å². The number of carbonyl (C=O) groups excluding carboxylic acids is 3. The van der Waals surface area contributed by atoms with Crippen molar-refractivity contribution in [3.63, 3.8) is 0 Å². The van der Waals surface area contributed by atoms with E-state index < -0.39 is 59.4 Å². The van der Waals surface area contributed by atoms with Gasteiger partial charge in [-0.1, -0.05) is 12.1 Å². The van der Waals surface area contributed by atoms with Crippen LogP contribution in [0.1, 0.15) is 23.5 Å². The third-order valence-corrected chi connectivity index (χ3v) is 5.63. The minimum absolute atomic E-state index is 0.0965. The molecule has 0 spiro atoms. The molecule has 1 atom stereocenters. The Labute approximate surface area is 218 Å². The van der Waals surface area contributed by atoms with Crippen LogP contribution >= 0.6 is 0 Å². The van der Waals surface area contributed by atoms with Gasteiger partial charge in [0.05, 0.1) is 42.6 Å². The molecule has 0 aliphatic carbocycles. The maximum atomic E-state index is 13.9. The van der Waals surface area contributed by atoms with Gasteiger partial charge < -0.3 is 25.7 Å². The van der Waals surface area contributed by atoms with Crippen LogP contribution in [0.25, 0.3) is 0 Å². The Bertz CT molecular complexity index is 1440. The average molecular weight is 548 g/mol. The second-order valence-corrected chi connectivity index (χ2v) is 7.94. The summed E-state index contributed by atoms with van der Waals surface area (Å²) in [5.74, 6) is -5.32. The lowest BCUT2D eigenvalue weighted by Crippen LogP contribution is -2.32. The molecule has 3 rings (SSSR count). The van der Waals surface area contributed by atoms with Gasteiger partial charge in [0.2, 0.25) is 5.88 Å². The number of hydrogen-bond donors (Lipinski definition) is 2. The summed E-state index contributed by atoms with van der Waals surface area (Å²) in [7, 11) is 2.15. The van der Waals surface area contributed by atoms with Gasteiger partial charge in [0.25, 0.3) is 0 Å². The van der Waals surface area contributed by atoms with Crippen LogP contribution < -0.4 is 16.4 Å². The van der Waals surface area contributed by atoms with Crippen molar-refractivity contribution in [2.45, 2.75) is 18.5 Å². The highest BCUT2D eigenvalue weighted by molar-refractivity contribution is 5.99. The number of amides is 2. The van der Waals surface area contributed by atoms with Crippen molar-refractivity contribution in [3.05, 3.63) is 82.2 Å². The normalized spacial score (nSPS) is 15.3. The van der Waals surface area contributed by atoms with Crippen molar-refractivity contribution in [1.82, 2.24) is 0 Å². The van der Waals surface area contributed by atoms with E-state index in [-0.39, 0.29) is 28.2 Å². The van der Waals surface area contributed by atoms with Gasteiger partial charge >= 0.3 is 24.1 Å². The van der Waals surface area contributed by atoms with Crippen molar-refractivity contribution in [3.8, 4) is 6.07 Å². The van der Waals surface area contributed by atoms with Crippen molar-refractivity contribution in [2.75, 3.05) is 19.1 Å². The zero-order valence-electron chi connectivity index (χ0n) is 20.3. The zero-order valence-corrected chi connectivity index (χ0v) is 20.3. The fourth-order valence-corrected chi connectivity index (χ4v) is 3.94. The van der Waals surface area contributed by atoms with Gasteiger partial charge in [0.1, 0.15) is 29.6 Å². The van der Waals surface area contributed by atoms with Crippen molar-refractivity contribution < 1.29 is 46.2 Å². The molecule has 10 nitrogen and oxygen atoms in total. The molecule has 39 heavy (non-hydrogen) atoms. The molecule has 0 bridgehead atoms. The van der Waals surface area contributed by atoms with E-state index in [2.05, 4.69) is 4.74 Å². The van der Waals surface area contributed by atoms with Crippen molar-refractivity contribution in [1.29, 1.82) is 5.26 Å². The first kappa shape index (κ1) is 28.5. The number of nitriles is 1. The number of alkyl halides is 3. The first-order valence-electron chi connectivity index (χ1n) is 10.9. The monoisotopic (exact) mass is 548 g/mol. The Balaban J connectivity index is 2.23. The molecule has 2 amide bonds. The summed E-state index contributed by atoms with van der Waals surface area (Å²) in [6, 6.07) is 7.82. The molecule has 204 valence electrons. The van der Waals surface area contributed by atoms with Crippen LogP contribution in [0, 0.1) is 17.1 Å². The van der Waals surface area contributed by atoms with E-state index in [1.54, 1.807) is 0 Å². The molecular weight excluding hydrogens is 528 g/mol. The first-order chi connectivity index (χ1) is 18.3. The quantitative estimate of drug-likeness (QED) is 0.407. The summed E-state index contributed by atoms with van der Waals surface area (Å²) in [5.41, 5.74) is 8.83. The molecule has 0 radical (unpaired) electrons. The number of allylic oxidation sites excluding steroid dienone is 1. The van der Waals surface area contributed by atoms with Crippen LogP contribution in [0.15, 0.2) is 65.3 Å². The second-order valence-electron chi connectivity index (χ2n) is 7.94. The number of primary amides is 1.